The standard InChI is InChI=1S/C23H28N4O4/c1-2-11-24-22(29)17-3-9-20(10-4-17)26-21(28)16-25-19-7-5-18(6-8-19)23(30)27-12-14-31-15-13-27/h3-10,25H,2,11-16H2,1H3,(H,24,29)(H,26,28). The quantitative estimate of drug-likeness (QED) is 0.604. The van der Waals surface area contributed by atoms with Crippen LogP contribution in [0.4, 0.5) is 11.4 Å². The number of ether oxygens (including phenoxy) is 1. The fourth-order valence-electron chi connectivity index (χ4n) is 3.11. The van der Waals surface area contributed by atoms with Gasteiger partial charge < -0.3 is 25.6 Å². The van der Waals surface area contributed by atoms with Crippen LogP contribution in [0.3, 0.4) is 0 Å². The Hall–Kier alpha value is -3.39. The molecule has 3 amide bonds. The molecule has 1 aliphatic rings. The van der Waals surface area contributed by atoms with Gasteiger partial charge in [0.25, 0.3) is 11.8 Å². The highest BCUT2D eigenvalue weighted by atomic mass is 16.5. The Morgan fingerprint density at radius 1 is 0.903 bits per heavy atom. The zero-order valence-electron chi connectivity index (χ0n) is 17.6. The van der Waals surface area contributed by atoms with Gasteiger partial charge in [-0.05, 0) is 55.0 Å². The number of carbonyl (C=O) groups is 3. The van der Waals surface area contributed by atoms with E-state index in [1.54, 1.807) is 53.4 Å². The average molecular weight is 425 g/mol. The minimum atomic E-state index is -0.211. The SMILES string of the molecule is CCCNC(=O)c1ccc(NC(=O)CNc2ccc(C(=O)N3CCOCC3)cc2)cc1. The number of anilines is 2. The Bertz CT molecular complexity index is 891. The zero-order chi connectivity index (χ0) is 22.1. The molecule has 1 heterocycles. The van der Waals surface area contributed by atoms with Gasteiger partial charge in [0, 0.05) is 42.1 Å². The summed E-state index contributed by atoms with van der Waals surface area (Å²) in [6, 6.07) is 13.8. The first-order chi connectivity index (χ1) is 15.1. The van der Waals surface area contributed by atoms with E-state index >= 15 is 0 Å². The van der Waals surface area contributed by atoms with Gasteiger partial charge in [0.05, 0.1) is 19.8 Å². The third-order valence-corrected chi connectivity index (χ3v) is 4.85. The summed E-state index contributed by atoms with van der Waals surface area (Å²) >= 11 is 0. The molecule has 1 fully saturated rings. The van der Waals surface area contributed by atoms with E-state index in [1.165, 1.54) is 0 Å². The van der Waals surface area contributed by atoms with Gasteiger partial charge in [0.15, 0.2) is 0 Å². The summed E-state index contributed by atoms with van der Waals surface area (Å²) in [7, 11) is 0. The predicted octanol–water partition coefficient (Wildman–Crippen LogP) is 2.35. The maximum atomic E-state index is 12.5. The first-order valence-electron chi connectivity index (χ1n) is 10.5. The number of nitrogens with one attached hydrogen (secondary N) is 3. The first-order valence-corrected chi connectivity index (χ1v) is 10.5. The summed E-state index contributed by atoms with van der Waals surface area (Å²) in [6.45, 7) is 5.03. The lowest BCUT2D eigenvalue weighted by molar-refractivity contribution is -0.114. The van der Waals surface area contributed by atoms with Gasteiger partial charge in [0.1, 0.15) is 0 Å². The van der Waals surface area contributed by atoms with Gasteiger partial charge in [-0.15, -0.1) is 0 Å². The Morgan fingerprint density at radius 2 is 1.52 bits per heavy atom. The molecule has 1 aliphatic heterocycles. The third kappa shape index (κ3) is 6.55. The van der Waals surface area contributed by atoms with Gasteiger partial charge in [-0.25, -0.2) is 0 Å². The molecule has 8 heteroatoms. The van der Waals surface area contributed by atoms with Crippen LogP contribution < -0.4 is 16.0 Å². The molecule has 1 saturated heterocycles. The number of amides is 3. The Morgan fingerprint density at radius 3 is 2.16 bits per heavy atom. The molecule has 2 aromatic carbocycles. The van der Waals surface area contributed by atoms with Crippen LogP contribution in [0.5, 0.6) is 0 Å². The van der Waals surface area contributed by atoms with E-state index in [0.29, 0.717) is 49.7 Å². The van der Waals surface area contributed by atoms with Gasteiger partial charge in [-0.2, -0.15) is 0 Å². The van der Waals surface area contributed by atoms with Crippen molar-refractivity contribution in [3.05, 3.63) is 59.7 Å². The lowest BCUT2D eigenvalue weighted by Crippen LogP contribution is -2.40. The molecule has 0 spiro atoms. The molecule has 3 N–H and O–H groups in total. The van der Waals surface area contributed by atoms with Crippen molar-refractivity contribution in [2.75, 3.05) is 50.0 Å². The third-order valence-electron chi connectivity index (χ3n) is 4.85. The Kier molecular flexibility index (Phi) is 8.00. The van der Waals surface area contributed by atoms with Crippen LogP contribution in [-0.4, -0.2) is 62.0 Å². The van der Waals surface area contributed by atoms with Crippen molar-refractivity contribution in [2.45, 2.75) is 13.3 Å². The molecule has 0 radical (unpaired) electrons. The highest BCUT2D eigenvalue weighted by Gasteiger charge is 2.18. The summed E-state index contributed by atoms with van der Waals surface area (Å²) < 4.78 is 5.27. The van der Waals surface area contributed by atoms with Crippen molar-refractivity contribution < 1.29 is 19.1 Å². The second kappa shape index (κ2) is 11.1. The predicted molar refractivity (Wildman–Crippen MR) is 119 cm³/mol. The fraction of sp³-hybridized carbons (Fsp3) is 0.348. The van der Waals surface area contributed by atoms with Crippen LogP contribution in [0.2, 0.25) is 0 Å². The summed E-state index contributed by atoms with van der Waals surface area (Å²) in [5, 5.41) is 8.64. The Labute approximate surface area is 182 Å². The first kappa shape index (κ1) is 22.3. The summed E-state index contributed by atoms with van der Waals surface area (Å²) in [4.78, 5) is 38.4. The molecule has 3 rings (SSSR count). The van der Waals surface area contributed by atoms with Crippen LogP contribution in [0.15, 0.2) is 48.5 Å². The minimum Gasteiger partial charge on any atom is -0.378 e. The number of benzene rings is 2. The largest absolute Gasteiger partial charge is 0.378 e. The smallest absolute Gasteiger partial charge is 0.254 e. The molecular weight excluding hydrogens is 396 g/mol. The van der Waals surface area contributed by atoms with E-state index in [2.05, 4.69) is 16.0 Å². The topological polar surface area (TPSA) is 99.8 Å². The molecule has 0 unspecified atom stereocenters. The van der Waals surface area contributed by atoms with Crippen molar-refractivity contribution in [1.82, 2.24) is 10.2 Å². The van der Waals surface area contributed by atoms with Crippen LogP contribution in [-0.2, 0) is 9.53 Å². The van der Waals surface area contributed by atoms with Gasteiger partial charge >= 0.3 is 0 Å². The highest BCUT2D eigenvalue weighted by Crippen LogP contribution is 2.13. The van der Waals surface area contributed by atoms with E-state index < -0.39 is 0 Å². The minimum absolute atomic E-state index is 0.0144. The van der Waals surface area contributed by atoms with Crippen molar-refractivity contribution >= 4 is 29.1 Å². The molecule has 31 heavy (non-hydrogen) atoms. The molecule has 2 aromatic rings. The van der Waals surface area contributed by atoms with Crippen LogP contribution >= 0.6 is 0 Å². The van der Waals surface area contributed by atoms with E-state index in [0.717, 1.165) is 12.1 Å². The zero-order valence-corrected chi connectivity index (χ0v) is 17.6. The lowest BCUT2D eigenvalue weighted by atomic mass is 10.1. The van der Waals surface area contributed by atoms with Gasteiger partial charge in [-0.3, -0.25) is 14.4 Å². The number of nitrogens with zero attached hydrogens (tertiary/aromatic N) is 1. The van der Waals surface area contributed by atoms with Crippen molar-refractivity contribution in [2.24, 2.45) is 0 Å². The number of hydrogen-bond acceptors (Lipinski definition) is 5. The van der Waals surface area contributed by atoms with E-state index in [9.17, 15) is 14.4 Å². The molecule has 0 aromatic heterocycles. The summed E-state index contributed by atoms with van der Waals surface area (Å²) in [5.74, 6) is -0.354. The maximum absolute atomic E-state index is 12.5. The lowest BCUT2D eigenvalue weighted by Gasteiger charge is -2.26. The van der Waals surface area contributed by atoms with E-state index in [1.807, 2.05) is 6.92 Å². The Balaban J connectivity index is 1.46. The molecule has 164 valence electrons. The molecule has 0 bridgehead atoms. The average Bonchev–Trinajstić information content (AvgIpc) is 2.82. The monoisotopic (exact) mass is 424 g/mol. The normalized spacial score (nSPS) is 13.4. The number of rotatable bonds is 8. The number of hydrogen-bond donors (Lipinski definition) is 3. The summed E-state index contributed by atoms with van der Waals surface area (Å²) in [5.41, 5.74) is 2.53. The van der Waals surface area contributed by atoms with Gasteiger partial charge in [0.2, 0.25) is 5.91 Å². The maximum Gasteiger partial charge on any atom is 0.254 e. The van der Waals surface area contributed by atoms with Crippen molar-refractivity contribution in [1.29, 1.82) is 0 Å². The number of morpholine rings is 1. The van der Waals surface area contributed by atoms with E-state index in [4.69, 9.17) is 4.74 Å². The second-order valence-corrected chi connectivity index (χ2v) is 7.22. The summed E-state index contributed by atoms with van der Waals surface area (Å²) in [6.07, 6.45) is 0.875. The van der Waals surface area contributed by atoms with E-state index in [-0.39, 0.29) is 24.3 Å². The fourth-order valence-corrected chi connectivity index (χ4v) is 3.11. The van der Waals surface area contributed by atoms with Crippen molar-refractivity contribution in [3.63, 3.8) is 0 Å². The molecule has 8 nitrogen and oxygen atoms in total. The molecular formula is C23H28N4O4. The van der Waals surface area contributed by atoms with Crippen molar-refractivity contribution in [3.8, 4) is 0 Å². The highest BCUT2D eigenvalue weighted by molar-refractivity contribution is 5.97. The molecule has 0 atom stereocenters. The van der Waals surface area contributed by atoms with Crippen LogP contribution in [0.1, 0.15) is 34.1 Å². The van der Waals surface area contributed by atoms with Gasteiger partial charge in [-0.1, -0.05) is 6.92 Å². The second-order valence-electron chi connectivity index (χ2n) is 7.22. The molecule has 0 aliphatic carbocycles. The van der Waals surface area contributed by atoms with Crippen LogP contribution in [0, 0.1) is 0 Å². The van der Waals surface area contributed by atoms with Crippen LogP contribution in [0.25, 0.3) is 0 Å². The molecule has 0 saturated carbocycles. The number of carbonyl (C=O) groups excluding carboxylic acids is 3.